The Morgan fingerprint density at radius 3 is 2.25 bits per heavy atom. The molecule has 0 unspecified atom stereocenters. The highest BCUT2D eigenvalue weighted by molar-refractivity contribution is 5.79. The number of carbonyl (C=O) groups excluding carboxylic acids is 1. The molecule has 9 heteroatoms. The lowest BCUT2D eigenvalue weighted by Crippen LogP contribution is -2.43. The summed E-state index contributed by atoms with van der Waals surface area (Å²) in [5.74, 6) is 1.41. The van der Waals surface area contributed by atoms with Crippen molar-refractivity contribution >= 4 is 17.7 Å². The van der Waals surface area contributed by atoms with E-state index < -0.39 is 0 Å². The molecule has 2 aromatic rings. The number of hydrogen-bond donors (Lipinski definition) is 0. The third kappa shape index (κ3) is 4.54. The lowest BCUT2D eigenvalue weighted by atomic mass is 10.0. The quantitative estimate of drug-likeness (QED) is 0.711. The van der Waals surface area contributed by atoms with Gasteiger partial charge < -0.3 is 24.2 Å². The van der Waals surface area contributed by atoms with Crippen molar-refractivity contribution in [2.75, 3.05) is 69.0 Å². The van der Waals surface area contributed by atoms with Crippen LogP contribution in [0.3, 0.4) is 0 Å². The minimum absolute atomic E-state index is 0.0347. The number of carbonyl (C=O) groups is 1. The monoisotopic (exact) mass is 441 g/mol. The number of aromatic nitrogens is 2. The number of halogens is 1. The number of morpholine rings is 2. The van der Waals surface area contributed by atoms with Gasteiger partial charge in [-0.2, -0.15) is 4.98 Å². The number of nitrogens with zero attached hydrogens (tertiary/aromatic N) is 5. The van der Waals surface area contributed by atoms with Gasteiger partial charge in [0.25, 0.3) is 0 Å². The lowest BCUT2D eigenvalue weighted by molar-refractivity contribution is -0.131. The van der Waals surface area contributed by atoms with Crippen LogP contribution in [0.2, 0.25) is 0 Å². The highest BCUT2D eigenvalue weighted by atomic mass is 19.1. The fourth-order valence-corrected chi connectivity index (χ4v) is 4.43. The predicted molar refractivity (Wildman–Crippen MR) is 117 cm³/mol. The van der Waals surface area contributed by atoms with Crippen LogP contribution < -0.4 is 9.80 Å². The Balaban J connectivity index is 1.40. The average molecular weight is 442 g/mol. The molecule has 2 fully saturated rings. The van der Waals surface area contributed by atoms with E-state index in [0.29, 0.717) is 45.9 Å². The Morgan fingerprint density at radius 1 is 0.906 bits per heavy atom. The topological polar surface area (TPSA) is 71.0 Å². The molecule has 8 nitrogen and oxygen atoms in total. The van der Waals surface area contributed by atoms with Crippen LogP contribution in [0.4, 0.5) is 16.2 Å². The van der Waals surface area contributed by atoms with Gasteiger partial charge in [-0.05, 0) is 17.7 Å². The third-order valence-electron chi connectivity index (χ3n) is 6.25. The van der Waals surface area contributed by atoms with Gasteiger partial charge in [0.2, 0.25) is 11.9 Å². The van der Waals surface area contributed by atoms with Gasteiger partial charge in [0, 0.05) is 44.7 Å². The van der Waals surface area contributed by atoms with Gasteiger partial charge in [-0.25, -0.2) is 9.37 Å². The van der Waals surface area contributed by atoms with Crippen LogP contribution in [0.25, 0.3) is 0 Å². The molecule has 0 N–H and O–H groups in total. The molecule has 1 aromatic carbocycles. The summed E-state index contributed by atoms with van der Waals surface area (Å²) in [6.07, 6.45) is 0.955. The second kappa shape index (κ2) is 9.38. The molecule has 3 aliphatic heterocycles. The highest BCUT2D eigenvalue weighted by Gasteiger charge is 2.29. The Labute approximate surface area is 186 Å². The number of rotatable bonds is 4. The molecule has 4 heterocycles. The van der Waals surface area contributed by atoms with E-state index in [-0.39, 0.29) is 18.1 Å². The molecular weight excluding hydrogens is 413 g/mol. The largest absolute Gasteiger partial charge is 0.378 e. The SMILES string of the molecule is O=C(Cc1ccc(F)cc1)N1CCc2nc(N3CCOCC3)nc(N3CCOCC3)c2C1. The van der Waals surface area contributed by atoms with Crippen LogP contribution in [-0.2, 0) is 33.7 Å². The van der Waals surface area contributed by atoms with Gasteiger partial charge in [-0.15, -0.1) is 0 Å². The van der Waals surface area contributed by atoms with Crippen molar-refractivity contribution in [3.63, 3.8) is 0 Å². The Bertz CT molecular complexity index is 959. The summed E-state index contributed by atoms with van der Waals surface area (Å²) in [7, 11) is 0. The normalized spacial score (nSPS) is 19.1. The van der Waals surface area contributed by atoms with E-state index in [1.807, 2.05) is 4.90 Å². The second-order valence-electron chi connectivity index (χ2n) is 8.34. The van der Waals surface area contributed by atoms with Crippen LogP contribution in [0.5, 0.6) is 0 Å². The number of fused-ring (bicyclic) bond motifs is 1. The summed E-state index contributed by atoms with van der Waals surface area (Å²) < 4.78 is 24.2. The number of benzene rings is 1. The zero-order chi connectivity index (χ0) is 21.9. The van der Waals surface area contributed by atoms with Gasteiger partial charge in [0.1, 0.15) is 11.6 Å². The van der Waals surface area contributed by atoms with Gasteiger partial charge in [0.05, 0.1) is 45.1 Å². The summed E-state index contributed by atoms with van der Waals surface area (Å²) in [5.41, 5.74) is 2.87. The summed E-state index contributed by atoms with van der Waals surface area (Å²) in [6, 6.07) is 6.13. The first kappa shape index (κ1) is 21.1. The first-order valence-electron chi connectivity index (χ1n) is 11.2. The molecule has 3 aliphatic rings. The van der Waals surface area contributed by atoms with Gasteiger partial charge in [-0.1, -0.05) is 12.1 Å². The first-order valence-corrected chi connectivity index (χ1v) is 11.2. The van der Waals surface area contributed by atoms with E-state index in [1.165, 1.54) is 12.1 Å². The van der Waals surface area contributed by atoms with Crippen molar-refractivity contribution in [2.24, 2.45) is 0 Å². The first-order chi connectivity index (χ1) is 15.7. The van der Waals surface area contributed by atoms with Crippen molar-refractivity contribution in [2.45, 2.75) is 19.4 Å². The standard InChI is InChI=1S/C23H28FN5O3/c24-18-3-1-17(2-4-18)15-21(30)29-6-5-20-19(16-29)22(27-7-11-31-12-8-27)26-23(25-20)28-9-13-32-14-10-28/h1-4H,5-16H2. The number of hydrogen-bond acceptors (Lipinski definition) is 7. The van der Waals surface area contributed by atoms with Crippen molar-refractivity contribution in [3.8, 4) is 0 Å². The molecule has 0 radical (unpaired) electrons. The fraction of sp³-hybridized carbons (Fsp3) is 0.522. The Morgan fingerprint density at radius 2 is 1.56 bits per heavy atom. The second-order valence-corrected chi connectivity index (χ2v) is 8.34. The predicted octanol–water partition coefficient (Wildman–Crippen LogP) is 1.42. The summed E-state index contributed by atoms with van der Waals surface area (Å²) in [6.45, 7) is 6.91. The van der Waals surface area contributed by atoms with Crippen molar-refractivity contribution in [1.82, 2.24) is 14.9 Å². The van der Waals surface area contributed by atoms with E-state index >= 15 is 0 Å². The van der Waals surface area contributed by atoms with E-state index in [0.717, 1.165) is 54.8 Å². The molecule has 32 heavy (non-hydrogen) atoms. The van der Waals surface area contributed by atoms with Crippen LogP contribution in [0.1, 0.15) is 16.8 Å². The minimum Gasteiger partial charge on any atom is -0.378 e. The molecule has 2 saturated heterocycles. The van der Waals surface area contributed by atoms with Crippen molar-refractivity contribution in [1.29, 1.82) is 0 Å². The molecule has 0 aliphatic carbocycles. The van der Waals surface area contributed by atoms with Crippen LogP contribution >= 0.6 is 0 Å². The maximum atomic E-state index is 13.2. The molecular formula is C23H28FN5O3. The van der Waals surface area contributed by atoms with Gasteiger partial charge in [0.15, 0.2) is 0 Å². The molecule has 1 aromatic heterocycles. The van der Waals surface area contributed by atoms with E-state index in [4.69, 9.17) is 19.4 Å². The Hall–Kier alpha value is -2.78. The van der Waals surface area contributed by atoms with Crippen LogP contribution in [-0.4, -0.2) is 79.9 Å². The molecule has 0 saturated carbocycles. The van der Waals surface area contributed by atoms with E-state index in [1.54, 1.807) is 12.1 Å². The maximum Gasteiger partial charge on any atom is 0.227 e. The number of ether oxygens (including phenoxy) is 2. The minimum atomic E-state index is -0.295. The molecule has 1 amide bonds. The summed E-state index contributed by atoms with van der Waals surface area (Å²) in [5, 5.41) is 0. The molecule has 170 valence electrons. The maximum absolute atomic E-state index is 13.2. The summed E-state index contributed by atoms with van der Waals surface area (Å²) >= 11 is 0. The average Bonchev–Trinajstić information content (AvgIpc) is 2.85. The molecule has 0 bridgehead atoms. The van der Waals surface area contributed by atoms with E-state index in [2.05, 4.69) is 9.80 Å². The van der Waals surface area contributed by atoms with Crippen LogP contribution in [0, 0.1) is 5.82 Å². The molecule has 5 rings (SSSR count). The fourth-order valence-electron chi connectivity index (χ4n) is 4.43. The summed E-state index contributed by atoms with van der Waals surface area (Å²) in [4.78, 5) is 29.2. The Kier molecular flexibility index (Phi) is 6.18. The zero-order valence-corrected chi connectivity index (χ0v) is 18.1. The van der Waals surface area contributed by atoms with Crippen molar-refractivity contribution in [3.05, 3.63) is 46.9 Å². The number of anilines is 2. The lowest BCUT2D eigenvalue weighted by Gasteiger charge is -2.36. The zero-order valence-electron chi connectivity index (χ0n) is 18.1. The van der Waals surface area contributed by atoms with E-state index in [9.17, 15) is 9.18 Å². The molecule has 0 atom stereocenters. The van der Waals surface area contributed by atoms with Gasteiger partial charge in [-0.3, -0.25) is 4.79 Å². The smallest absolute Gasteiger partial charge is 0.227 e. The molecule has 0 spiro atoms. The number of amides is 1. The van der Waals surface area contributed by atoms with Gasteiger partial charge >= 0.3 is 0 Å². The van der Waals surface area contributed by atoms with Crippen LogP contribution in [0.15, 0.2) is 24.3 Å². The third-order valence-corrected chi connectivity index (χ3v) is 6.25. The highest BCUT2D eigenvalue weighted by Crippen LogP contribution is 2.30. The van der Waals surface area contributed by atoms with Crippen molar-refractivity contribution < 1.29 is 18.7 Å².